The molecule has 2 spiro atoms. The maximum Gasteiger partial charge on any atom is 0.331 e. The zero-order valence-electron chi connectivity index (χ0n) is 34.6. The molecule has 9 heteroatoms. The molecule has 0 amide bonds. The fourth-order valence-electron chi connectivity index (χ4n) is 15.1. The van der Waals surface area contributed by atoms with Crippen LogP contribution >= 0.6 is 0 Å². The van der Waals surface area contributed by atoms with Crippen LogP contribution in [0, 0.1) is 45.3 Å². The van der Waals surface area contributed by atoms with Gasteiger partial charge in [0.2, 0.25) is 0 Å². The third-order valence-electron chi connectivity index (χ3n) is 17.4. The minimum atomic E-state index is -1.54. The maximum atomic E-state index is 13.7. The second-order valence-electron chi connectivity index (χ2n) is 20.7. The molecule has 5 N–H and O–H groups in total. The summed E-state index contributed by atoms with van der Waals surface area (Å²) >= 11 is 0. The molecule has 0 radical (unpaired) electrons. The van der Waals surface area contributed by atoms with E-state index in [1.807, 2.05) is 13.0 Å². The number of esters is 2. The molecule has 7 aliphatic rings. The van der Waals surface area contributed by atoms with Gasteiger partial charge in [-0.15, -0.1) is 0 Å². The second-order valence-corrected chi connectivity index (χ2v) is 20.7. The van der Waals surface area contributed by atoms with Crippen LogP contribution in [0.5, 0.6) is 0 Å². The summed E-state index contributed by atoms with van der Waals surface area (Å²) in [6.45, 7) is 8.24. The predicted molar refractivity (Wildman–Crippen MR) is 215 cm³/mol. The molecule has 56 heavy (non-hydrogen) atoms. The summed E-state index contributed by atoms with van der Waals surface area (Å²) in [5, 5.41) is 39.7. The summed E-state index contributed by atoms with van der Waals surface area (Å²) in [5.41, 5.74) is 5.66. The van der Waals surface area contributed by atoms with Crippen LogP contribution in [0.4, 0.5) is 0 Å². The topological polar surface area (TPSA) is 137 Å². The monoisotopic (exact) mass is 775 g/mol. The van der Waals surface area contributed by atoms with Crippen LogP contribution in [0.2, 0.25) is 0 Å². The van der Waals surface area contributed by atoms with Crippen LogP contribution < -0.4 is 10.9 Å². The standard InChI is InChI=1S/C47H70N2O7/c1-31(11-10-14-34-12-6-5-7-13-34)15-16-38(51)47-39(52)18-21-42(4)36-27-44(24-23-43(30-44)19-8-9-20-43)28-37(36)48-49-46(41(42)47,56-33(3)50)26-32(2)45(47,54)22-17-35-25-40(53)55-29-35/h5-7,12-13,25,31-32,36-39,41,48-49,51-52,54H,8-11,14-24,26-30H2,1-4H3/t31-,32-,36-,37+,38+,39+,41-,42+,44+,45-,46-,47+/m1/s1. The lowest BCUT2D eigenvalue weighted by molar-refractivity contribution is -0.351. The lowest BCUT2D eigenvalue weighted by Gasteiger charge is -2.71. The van der Waals surface area contributed by atoms with E-state index < -0.39 is 52.2 Å². The third-order valence-corrected chi connectivity index (χ3v) is 17.4. The van der Waals surface area contributed by atoms with E-state index in [1.165, 1.54) is 63.5 Å². The first-order valence-electron chi connectivity index (χ1n) is 22.4. The van der Waals surface area contributed by atoms with Crippen molar-refractivity contribution in [2.24, 2.45) is 45.3 Å². The van der Waals surface area contributed by atoms with Gasteiger partial charge in [0.15, 0.2) is 5.72 Å². The van der Waals surface area contributed by atoms with Crippen molar-refractivity contribution in [3.63, 3.8) is 0 Å². The van der Waals surface area contributed by atoms with Crippen LogP contribution in [-0.4, -0.2) is 63.4 Å². The van der Waals surface area contributed by atoms with Crippen LogP contribution in [0.25, 0.3) is 0 Å². The van der Waals surface area contributed by atoms with E-state index in [0.717, 1.165) is 50.5 Å². The number of hydrogen-bond donors (Lipinski definition) is 5. The Kier molecular flexibility index (Phi) is 10.9. The van der Waals surface area contributed by atoms with Crippen molar-refractivity contribution in [1.29, 1.82) is 0 Å². The van der Waals surface area contributed by atoms with Gasteiger partial charge in [-0.25, -0.2) is 10.2 Å². The minimum Gasteiger partial charge on any atom is -0.458 e. The number of hydrogen-bond acceptors (Lipinski definition) is 9. The zero-order valence-corrected chi connectivity index (χ0v) is 34.6. The van der Waals surface area contributed by atoms with E-state index in [9.17, 15) is 24.9 Å². The van der Waals surface area contributed by atoms with Crippen LogP contribution in [0.15, 0.2) is 42.0 Å². The third kappa shape index (κ3) is 6.71. The molecule has 5 aliphatic carbocycles. The normalized spacial score (nSPS) is 42.2. The first-order chi connectivity index (χ1) is 26.7. The molecule has 9 nitrogen and oxygen atoms in total. The molecule has 0 bridgehead atoms. The molecule has 6 fully saturated rings. The average Bonchev–Trinajstić information content (AvgIpc) is 3.96. The highest BCUT2D eigenvalue weighted by molar-refractivity contribution is 5.85. The van der Waals surface area contributed by atoms with Gasteiger partial charge in [0.05, 0.1) is 23.2 Å². The Bertz CT molecular complexity index is 1650. The Labute approximate surface area is 335 Å². The molecule has 12 atom stereocenters. The number of carbonyl (C=O) groups excluding carboxylic acids is 2. The van der Waals surface area contributed by atoms with Gasteiger partial charge in [0.1, 0.15) is 6.61 Å². The number of rotatable bonds is 12. The molecule has 310 valence electrons. The number of ether oxygens (including phenoxy) is 2. The number of nitrogens with one attached hydrogen (secondary N) is 2. The van der Waals surface area contributed by atoms with Gasteiger partial charge in [0, 0.05) is 31.4 Å². The van der Waals surface area contributed by atoms with Gasteiger partial charge in [-0.1, -0.05) is 70.4 Å². The molecular formula is C47H70N2O7. The maximum absolute atomic E-state index is 13.7. The Morgan fingerprint density at radius 1 is 1.00 bits per heavy atom. The Balaban J connectivity index is 1.17. The van der Waals surface area contributed by atoms with E-state index in [2.05, 4.69) is 49.0 Å². The molecule has 0 aromatic heterocycles. The summed E-state index contributed by atoms with van der Waals surface area (Å²) in [6.07, 6.45) is 17.1. The largest absolute Gasteiger partial charge is 0.458 e. The summed E-state index contributed by atoms with van der Waals surface area (Å²) in [6, 6.07) is 10.7. The number of benzene rings is 1. The molecule has 2 heterocycles. The van der Waals surface area contributed by atoms with Crippen molar-refractivity contribution in [1.82, 2.24) is 10.9 Å². The van der Waals surface area contributed by atoms with Crippen molar-refractivity contribution in [3.8, 4) is 0 Å². The number of aliphatic hydroxyl groups excluding tert-OH is 2. The lowest BCUT2D eigenvalue weighted by Crippen LogP contribution is -2.81. The number of aliphatic hydroxyl groups is 3. The minimum absolute atomic E-state index is 0.138. The lowest BCUT2D eigenvalue weighted by atomic mass is 9.36. The molecule has 8 rings (SSSR count). The van der Waals surface area contributed by atoms with E-state index in [4.69, 9.17) is 9.47 Å². The number of hydrazine groups is 1. The summed E-state index contributed by atoms with van der Waals surface area (Å²) < 4.78 is 11.9. The highest BCUT2D eigenvalue weighted by Gasteiger charge is 2.80. The zero-order chi connectivity index (χ0) is 39.6. The van der Waals surface area contributed by atoms with E-state index in [-0.39, 0.29) is 36.4 Å². The highest BCUT2D eigenvalue weighted by Crippen LogP contribution is 2.74. The fraction of sp³-hybridized carbons (Fsp3) is 0.787. The van der Waals surface area contributed by atoms with Crippen molar-refractivity contribution < 1.29 is 34.4 Å². The number of aryl methyl sites for hydroxylation is 1. The quantitative estimate of drug-likeness (QED) is 0.137. The summed E-state index contributed by atoms with van der Waals surface area (Å²) in [5.74, 6) is -1.31. The van der Waals surface area contributed by atoms with E-state index >= 15 is 0 Å². The number of carbonyl (C=O) groups is 2. The smallest absolute Gasteiger partial charge is 0.331 e. The van der Waals surface area contributed by atoms with Gasteiger partial charge in [-0.05, 0) is 141 Å². The van der Waals surface area contributed by atoms with Crippen LogP contribution in [0.1, 0.15) is 149 Å². The van der Waals surface area contributed by atoms with Crippen LogP contribution in [0.3, 0.4) is 0 Å². The molecule has 0 unspecified atom stereocenters. The molecular weight excluding hydrogens is 705 g/mol. The van der Waals surface area contributed by atoms with Crippen molar-refractivity contribution in [2.75, 3.05) is 6.61 Å². The first-order valence-corrected chi connectivity index (χ1v) is 22.4. The van der Waals surface area contributed by atoms with Gasteiger partial charge in [-0.3, -0.25) is 10.2 Å². The molecule has 2 aliphatic heterocycles. The predicted octanol–water partition coefficient (Wildman–Crippen LogP) is 7.46. The van der Waals surface area contributed by atoms with Crippen molar-refractivity contribution in [2.45, 2.75) is 179 Å². The Morgan fingerprint density at radius 3 is 2.46 bits per heavy atom. The summed E-state index contributed by atoms with van der Waals surface area (Å²) in [7, 11) is 0. The molecule has 1 aromatic carbocycles. The first kappa shape index (κ1) is 40.5. The highest BCUT2D eigenvalue weighted by atomic mass is 16.6. The van der Waals surface area contributed by atoms with Gasteiger partial charge < -0.3 is 24.8 Å². The number of fused-ring (bicyclic) bond motifs is 2. The molecule has 5 saturated carbocycles. The van der Waals surface area contributed by atoms with Crippen LogP contribution in [-0.2, 0) is 25.5 Å². The molecule has 1 saturated heterocycles. The molecule has 1 aromatic rings. The Hall–Kier alpha value is -2.30. The van der Waals surface area contributed by atoms with Crippen molar-refractivity contribution >= 4 is 11.9 Å². The second kappa shape index (κ2) is 15.1. The van der Waals surface area contributed by atoms with Gasteiger partial charge in [-0.2, -0.15) is 0 Å². The average molecular weight is 775 g/mol. The van der Waals surface area contributed by atoms with Crippen molar-refractivity contribution in [3.05, 3.63) is 47.5 Å². The Morgan fingerprint density at radius 2 is 1.75 bits per heavy atom. The number of cyclic esters (lactones) is 1. The van der Waals surface area contributed by atoms with Gasteiger partial charge >= 0.3 is 11.9 Å². The van der Waals surface area contributed by atoms with E-state index in [0.29, 0.717) is 37.0 Å². The van der Waals surface area contributed by atoms with Gasteiger partial charge in [0.25, 0.3) is 0 Å². The summed E-state index contributed by atoms with van der Waals surface area (Å²) in [4.78, 5) is 25.5. The SMILES string of the molecule is CC(=O)O[C@@]12C[C@@H](C)[C@](O)(CCC3=CC(=O)OC3)[C@@]3([C@@H](O)CC[C@H](C)CCCc4ccccc4)[C@@H](O)CC[C@@](C)([C@@H]4C[C@@]5(CCC6(CCCC6)C5)C[C@@H]4NN1)[C@@H]32. The van der Waals surface area contributed by atoms with E-state index in [1.54, 1.807) is 0 Å². The fourth-order valence-corrected chi connectivity index (χ4v) is 15.1.